The number of benzene rings is 1. The fourth-order valence-electron chi connectivity index (χ4n) is 3.26. The van der Waals surface area contributed by atoms with Gasteiger partial charge >= 0.3 is 0 Å². The van der Waals surface area contributed by atoms with Crippen molar-refractivity contribution in [2.75, 3.05) is 40.4 Å². The normalized spacial score (nSPS) is 15.6. The van der Waals surface area contributed by atoms with Crippen LogP contribution < -0.4 is 5.32 Å². The first kappa shape index (κ1) is 20.6. The fourth-order valence-corrected chi connectivity index (χ4v) is 3.38. The molecule has 1 saturated heterocycles. The van der Waals surface area contributed by atoms with E-state index < -0.39 is 0 Å². The van der Waals surface area contributed by atoms with Crippen molar-refractivity contribution < 1.29 is 9.26 Å². The highest BCUT2D eigenvalue weighted by atomic mass is 35.5. The van der Waals surface area contributed by atoms with Gasteiger partial charge in [-0.2, -0.15) is 4.98 Å². The van der Waals surface area contributed by atoms with Gasteiger partial charge in [0, 0.05) is 57.4 Å². The summed E-state index contributed by atoms with van der Waals surface area (Å²) in [7, 11) is 3.87. The minimum absolute atomic E-state index is 0.574. The summed E-state index contributed by atoms with van der Waals surface area (Å²) in [5, 5.41) is 8.09. The molecular weight excluding hydrogens is 378 g/mol. The van der Waals surface area contributed by atoms with Crippen LogP contribution in [0.3, 0.4) is 0 Å². The number of hydrogen-bond donors (Lipinski definition) is 1. The van der Waals surface area contributed by atoms with Crippen LogP contribution in [-0.2, 0) is 11.2 Å². The van der Waals surface area contributed by atoms with Gasteiger partial charge in [-0.05, 0) is 49.4 Å². The average molecular weight is 406 g/mol. The zero-order valence-corrected chi connectivity index (χ0v) is 17.3. The van der Waals surface area contributed by atoms with Crippen molar-refractivity contribution in [1.29, 1.82) is 0 Å². The SMILES string of the molecule is CN=C(NCCc1nc(-c2ccc(Cl)cc2)no1)N(C)CCC1CCOCC1. The van der Waals surface area contributed by atoms with E-state index >= 15 is 0 Å². The highest BCUT2D eigenvalue weighted by molar-refractivity contribution is 6.30. The predicted octanol–water partition coefficient (Wildman–Crippen LogP) is 3.26. The van der Waals surface area contributed by atoms with E-state index in [4.69, 9.17) is 20.9 Å². The van der Waals surface area contributed by atoms with Crippen molar-refractivity contribution in [3.63, 3.8) is 0 Å². The Morgan fingerprint density at radius 3 is 2.75 bits per heavy atom. The van der Waals surface area contributed by atoms with Crippen molar-refractivity contribution >= 4 is 17.6 Å². The molecule has 1 aromatic carbocycles. The van der Waals surface area contributed by atoms with Crippen LogP contribution in [0, 0.1) is 5.92 Å². The molecule has 8 heteroatoms. The molecule has 0 amide bonds. The molecule has 0 aliphatic carbocycles. The van der Waals surface area contributed by atoms with Gasteiger partial charge in [-0.25, -0.2) is 0 Å². The lowest BCUT2D eigenvalue weighted by Gasteiger charge is -2.26. The summed E-state index contributed by atoms with van der Waals surface area (Å²) in [6, 6.07) is 7.39. The third kappa shape index (κ3) is 5.94. The number of aliphatic imine (C=N–C) groups is 1. The van der Waals surface area contributed by atoms with Crippen LogP contribution in [0.2, 0.25) is 5.02 Å². The first-order chi connectivity index (χ1) is 13.7. The van der Waals surface area contributed by atoms with E-state index in [2.05, 4.69) is 32.4 Å². The van der Waals surface area contributed by atoms with Crippen molar-refractivity contribution in [3.05, 3.63) is 35.2 Å². The summed E-state index contributed by atoms with van der Waals surface area (Å²) in [6.45, 7) is 3.44. The number of nitrogens with one attached hydrogen (secondary N) is 1. The molecule has 28 heavy (non-hydrogen) atoms. The second kappa shape index (κ2) is 10.4. The van der Waals surface area contributed by atoms with Gasteiger partial charge < -0.3 is 19.5 Å². The summed E-state index contributed by atoms with van der Waals surface area (Å²) >= 11 is 5.91. The molecule has 1 aromatic heterocycles. The van der Waals surface area contributed by atoms with Gasteiger partial charge in [0.05, 0.1) is 0 Å². The van der Waals surface area contributed by atoms with Crippen LogP contribution in [0.1, 0.15) is 25.2 Å². The molecule has 1 N–H and O–H groups in total. The van der Waals surface area contributed by atoms with Crippen LogP contribution in [-0.4, -0.2) is 61.4 Å². The molecule has 2 heterocycles. The van der Waals surface area contributed by atoms with Crippen molar-refractivity contribution in [2.45, 2.75) is 25.7 Å². The molecule has 0 unspecified atom stereocenters. The van der Waals surface area contributed by atoms with Crippen LogP contribution in [0.15, 0.2) is 33.8 Å². The smallest absolute Gasteiger partial charge is 0.228 e. The van der Waals surface area contributed by atoms with E-state index in [-0.39, 0.29) is 0 Å². The minimum Gasteiger partial charge on any atom is -0.381 e. The molecule has 1 fully saturated rings. The van der Waals surface area contributed by atoms with Crippen LogP contribution in [0.4, 0.5) is 0 Å². The number of halogens is 1. The van der Waals surface area contributed by atoms with E-state index in [0.29, 0.717) is 29.7 Å². The molecule has 1 aliphatic heterocycles. The van der Waals surface area contributed by atoms with Gasteiger partial charge in [0.15, 0.2) is 5.96 Å². The molecule has 0 bridgehead atoms. The van der Waals surface area contributed by atoms with E-state index in [1.54, 1.807) is 7.05 Å². The maximum absolute atomic E-state index is 5.91. The van der Waals surface area contributed by atoms with Crippen molar-refractivity contribution in [2.24, 2.45) is 10.9 Å². The van der Waals surface area contributed by atoms with Gasteiger partial charge in [-0.1, -0.05) is 16.8 Å². The van der Waals surface area contributed by atoms with E-state index in [1.165, 1.54) is 0 Å². The molecule has 152 valence electrons. The minimum atomic E-state index is 0.574. The number of guanidine groups is 1. The summed E-state index contributed by atoms with van der Waals surface area (Å²) < 4.78 is 10.8. The second-order valence-corrected chi connectivity index (χ2v) is 7.45. The maximum atomic E-state index is 5.91. The standard InChI is InChI=1S/C20H28ClN5O2/c1-22-20(26(2)12-8-15-9-13-27-14-10-15)23-11-7-18-24-19(25-28-18)16-3-5-17(21)6-4-16/h3-6,15H,7-14H2,1-2H3,(H,22,23). The number of nitrogens with zero attached hydrogens (tertiary/aromatic N) is 4. The largest absolute Gasteiger partial charge is 0.381 e. The second-order valence-electron chi connectivity index (χ2n) is 7.01. The summed E-state index contributed by atoms with van der Waals surface area (Å²) in [5.74, 6) is 2.80. The van der Waals surface area contributed by atoms with Gasteiger partial charge in [-0.3, -0.25) is 4.99 Å². The van der Waals surface area contributed by atoms with E-state index in [0.717, 1.165) is 56.5 Å². The lowest BCUT2D eigenvalue weighted by atomic mass is 9.96. The fraction of sp³-hybridized carbons (Fsp3) is 0.550. The van der Waals surface area contributed by atoms with Crippen LogP contribution in [0.25, 0.3) is 11.4 Å². The predicted molar refractivity (Wildman–Crippen MR) is 111 cm³/mol. The lowest BCUT2D eigenvalue weighted by molar-refractivity contribution is 0.0625. The third-order valence-corrected chi connectivity index (χ3v) is 5.23. The molecule has 0 atom stereocenters. The summed E-state index contributed by atoms with van der Waals surface area (Å²) in [5.41, 5.74) is 0.885. The van der Waals surface area contributed by atoms with Gasteiger partial charge in [0.25, 0.3) is 0 Å². The highest BCUT2D eigenvalue weighted by Crippen LogP contribution is 2.19. The molecule has 0 saturated carbocycles. The van der Waals surface area contributed by atoms with Crippen LogP contribution >= 0.6 is 11.6 Å². The maximum Gasteiger partial charge on any atom is 0.228 e. The number of aromatic nitrogens is 2. The Balaban J connectivity index is 1.43. The monoisotopic (exact) mass is 405 g/mol. The molecule has 3 rings (SSSR count). The van der Waals surface area contributed by atoms with Gasteiger partial charge in [-0.15, -0.1) is 0 Å². The van der Waals surface area contributed by atoms with Gasteiger partial charge in [0.2, 0.25) is 11.7 Å². The number of hydrogen-bond acceptors (Lipinski definition) is 5. The average Bonchev–Trinajstić information content (AvgIpc) is 3.19. The molecule has 2 aromatic rings. The van der Waals surface area contributed by atoms with Gasteiger partial charge in [0.1, 0.15) is 0 Å². The van der Waals surface area contributed by atoms with Crippen molar-refractivity contribution in [1.82, 2.24) is 20.4 Å². The molecule has 0 spiro atoms. The molecule has 1 aliphatic rings. The Labute approximate surface area is 171 Å². The lowest BCUT2D eigenvalue weighted by Crippen LogP contribution is -2.40. The zero-order chi connectivity index (χ0) is 19.8. The topological polar surface area (TPSA) is 75.8 Å². The Bertz CT molecular complexity index is 756. The number of ether oxygens (including phenoxy) is 1. The molecule has 0 radical (unpaired) electrons. The Hall–Kier alpha value is -2.12. The number of rotatable bonds is 7. The van der Waals surface area contributed by atoms with Crippen LogP contribution in [0.5, 0.6) is 0 Å². The Morgan fingerprint density at radius 1 is 1.29 bits per heavy atom. The first-order valence-electron chi connectivity index (χ1n) is 9.73. The third-order valence-electron chi connectivity index (χ3n) is 4.98. The van der Waals surface area contributed by atoms with Crippen molar-refractivity contribution in [3.8, 4) is 11.4 Å². The Kier molecular flexibility index (Phi) is 7.68. The highest BCUT2D eigenvalue weighted by Gasteiger charge is 2.15. The first-order valence-corrected chi connectivity index (χ1v) is 10.1. The Morgan fingerprint density at radius 2 is 2.04 bits per heavy atom. The summed E-state index contributed by atoms with van der Waals surface area (Å²) in [6.07, 6.45) is 4.11. The molecular formula is C20H28ClN5O2. The molecule has 7 nitrogen and oxygen atoms in total. The summed E-state index contributed by atoms with van der Waals surface area (Å²) in [4.78, 5) is 11.0. The zero-order valence-electron chi connectivity index (χ0n) is 16.5. The van der Waals surface area contributed by atoms with E-state index in [9.17, 15) is 0 Å². The quantitative estimate of drug-likeness (QED) is 0.563. The van der Waals surface area contributed by atoms with E-state index in [1.807, 2.05) is 24.3 Å².